The Labute approximate surface area is 122 Å². The van der Waals surface area contributed by atoms with Crippen LogP contribution in [-0.2, 0) is 6.42 Å². The van der Waals surface area contributed by atoms with Crippen LogP contribution in [0.15, 0.2) is 39.4 Å². The van der Waals surface area contributed by atoms with Crippen LogP contribution >= 0.6 is 11.8 Å². The third-order valence-electron chi connectivity index (χ3n) is 2.76. The number of aromatic amines is 1. The molecule has 0 saturated carbocycles. The molecule has 0 unspecified atom stereocenters. The lowest BCUT2D eigenvalue weighted by molar-refractivity contribution is 0.775. The molecular formula is C14H18N4OS. The van der Waals surface area contributed by atoms with Crippen molar-refractivity contribution in [1.29, 1.82) is 0 Å². The van der Waals surface area contributed by atoms with Crippen molar-refractivity contribution >= 4 is 11.8 Å². The molecule has 6 heteroatoms. The lowest BCUT2D eigenvalue weighted by Gasteiger charge is -2.10. The van der Waals surface area contributed by atoms with Gasteiger partial charge in [-0.2, -0.15) is 0 Å². The molecule has 5 nitrogen and oxygen atoms in total. The molecule has 2 aromatic rings. The summed E-state index contributed by atoms with van der Waals surface area (Å²) in [7, 11) is 0. The molecule has 0 aliphatic carbocycles. The monoisotopic (exact) mass is 290 g/mol. The first-order chi connectivity index (χ1) is 9.60. The second-order valence-electron chi connectivity index (χ2n) is 4.58. The Morgan fingerprint density at radius 3 is 3.00 bits per heavy atom. The molecule has 0 saturated heterocycles. The fourth-order valence-electron chi connectivity index (χ4n) is 1.84. The number of nitrogens with zero attached hydrogens (tertiary/aromatic N) is 2. The van der Waals surface area contributed by atoms with Crippen molar-refractivity contribution in [3.8, 4) is 0 Å². The van der Waals surface area contributed by atoms with E-state index in [2.05, 4.69) is 21.9 Å². The topological polar surface area (TPSA) is 84.7 Å². The smallest absolute Gasteiger partial charge is 0.251 e. The maximum Gasteiger partial charge on any atom is 0.251 e. The standard InChI is InChI=1S/C14H18N4OS/c1-3-5-10-8-12(19)18-14(17-10)20-13-11(9(2)15)6-4-7-16-13/h4,6-9H,3,5,15H2,1-2H3,(H,17,18,19)/t9-/m0/s1. The molecule has 0 bridgehead atoms. The zero-order valence-corrected chi connectivity index (χ0v) is 12.4. The fraction of sp³-hybridized carbons (Fsp3) is 0.357. The van der Waals surface area contributed by atoms with Crippen molar-refractivity contribution in [2.75, 3.05) is 0 Å². The largest absolute Gasteiger partial charge is 0.324 e. The summed E-state index contributed by atoms with van der Waals surface area (Å²) in [6.07, 6.45) is 3.46. The van der Waals surface area contributed by atoms with Gasteiger partial charge in [0.05, 0.1) is 0 Å². The van der Waals surface area contributed by atoms with Crippen LogP contribution in [0.25, 0.3) is 0 Å². The van der Waals surface area contributed by atoms with Crippen molar-refractivity contribution in [1.82, 2.24) is 15.0 Å². The predicted octanol–water partition coefficient (Wildman–Crippen LogP) is 2.29. The van der Waals surface area contributed by atoms with Crippen LogP contribution < -0.4 is 11.3 Å². The number of hydrogen-bond donors (Lipinski definition) is 2. The maximum absolute atomic E-state index is 11.6. The molecule has 0 radical (unpaired) electrons. The van der Waals surface area contributed by atoms with E-state index in [1.165, 1.54) is 11.8 Å². The Morgan fingerprint density at radius 2 is 2.30 bits per heavy atom. The summed E-state index contributed by atoms with van der Waals surface area (Å²) >= 11 is 1.34. The summed E-state index contributed by atoms with van der Waals surface area (Å²) < 4.78 is 0. The Balaban J connectivity index is 2.32. The van der Waals surface area contributed by atoms with Crippen LogP contribution in [0, 0.1) is 0 Å². The molecular weight excluding hydrogens is 272 g/mol. The van der Waals surface area contributed by atoms with Crippen LogP contribution in [0.2, 0.25) is 0 Å². The van der Waals surface area contributed by atoms with E-state index in [4.69, 9.17) is 5.73 Å². The molecule has 3 N–H and O–H groups in total. The van der Waals surface area contributed by atoms with E-state index in [0.29, 0.717) is 5.16 Å². The molecule has 0 fully saturated rings. The van der Waals surface area contributed by atoms with Gasteiger partial charge >= 0.3 is 0 Å². The molecule has 0 spiro atoms. The molecule has 0 aliphatic heterocycles. The van der Waals surface area contributed by atoms with Gasteiger partial charge in [0, 0.05) is 29.6 Å². The minimum atomic E-state index is -0.135. The average molecular weight is 290 g/mol. The van der Waals surface area contributed by atoms with Gasteiger partial charge in [0.2, 0.25) is 0 Å². The third-order valence-corrected chi connectivity index (χ3v) is 3.68. The van der Waals surface area contributed by atoms with Gasteiger partial charge < -0.3 is 10.7 Å². The van der Waals surface area contributed by atoms with Crippen molar-refractivity contribution in [2.24, 2.45) is 5.73 Å². The van der Waals surface area contributed by atoms with Gasteiger partial charge in [0.25, 0.3) is 5.56 Å². The highest BCUT2D eigenvalue weighted by atomic mass is 32.2. The number of pyridine rings is 1. The molecule has 2 heterocycles. The first-order valence-corrected chi connectivity index (χ1v) is 7.40. The second kappa shape index (κ2) is 6.67. The zero-order chi connectivity index (χ0) is 14.5. The van der Waals surface area contributed by atoms with Gasteiger partial charge in [-0.15, -0.1) is 0 Å². The highest BCUT2D eigenvalue weighted by Crippen LogP contribution is 2.28. The number of hydrogen-bond acceptors (Lipinski definition) is 5. The number of aryl methyl sites for hydroxylation is 1. The summed E-state index contributed by atoms with van der Waals surface area (Å²) in [6.45, 7) is 3.97. The van der Waals surface area contributed by atoms with Crippen molar-refractivity contribution < 1.29 is 0 Å². The third kappa shape index (κ3) is 3.68. The normalized spacial score (nSPS) is 12.3. The number of rotatable bonds is 5. The quantitative estimate of drug-likeness (QED) is 0.825. The van der Waals surface area contributed by atoms with E-state index in [-0.39, 0.29) is 11.6 Å². The average Bonchev–Trinajstić information content (AvgIpc) is 2.38. The molecule has 0 amide bonds. The molecule has 20 heavy (non-hydrogen) atoms. The van der Waals surface area contributed by atoms with Crippen molar-refractivity contribution in [3.05, 3.63) is 46.0 Å². The lowest BCUT2D eigenvalue weighted by Crippen LogP contribution is -2.11. The van der Waals surface area contributed by atoms with Gasteiger partial charge in [0.1, 0.15) is 5.03 Å². The number of nitrogens with one attached hydrogen (secondary N) is 1. The Bertz CT molecular complexity index is 639. The van der Waals surface area contributed by atoms with Gasteiger partial charge in [-0.05, 0) is 31.2 Å². The van der Waals surface area contributed by atoms with Crippen molar-refractivity contribution in [2.45, 2.75) is 42.9 Å². The first kappa shape index (κ1) is 14.7. The molecule has 2 aromatic heterocycles. The van der Waals surface area contributed by atoms with Crippen molar-refractivity contribution in [3.63, 3.8) is 0 Å². The number of nitrogens with two attached hydrogens (primary N) is 1. The van der Waals surface area contributed by atoms with Gasteiger partial charge in [0.15, 0.2) is 5.16 Å². The Kier molecular flexibility index (Phi) is 4.92. The minimum absolute atomic E-state index is 0.114. The van der Waals surface area contributed by atoms with Crippen LogP contribution in [0.4, 0.5) is 0 Å². The van der Waals surface area contributed by atoms with Crippen LogP contribution in [0.3, 0.4) is 0 Å². The van der Waals surface area contributed by atoms with E-state index < -0.39 is 0 Å². The van der Waals surface area contributed by atoms with Gasteiger partial charge in [-0.25, -0.2) is 9.97 Å². The van der Waals surface area contributed by atoms with E-state index in [1.54, 1.807) is 12.3 Å². The van der Waals surface area contributed by atoms with E-state index in [1.807, 2.05) is 19.1 Å². The Hall–Kier alpha value is -1.66. The SMILES string of the molecule is CCCc1cc(=O)[nH]c(Sc2ncccc2[C@H](C)N)n1. The van der Waals surface area contributed by atoms with Crippen LogP contribution in [0.1, 0.15) is 37.6 Å². The maximum atomic E-state index is 11.6. The molecule has 1 atom stereocenters. The van der Waals surface area contributed by atoms with E-state index in [9.17, 15) is 4.79 Å². The molecule has 0 aliphatic rings. The number of H-pyrrole nitrogens is 1. The zero-order valence-electron chi connectivity index (χ0n) is 11.6. The predicted molar refractivity (Wildman–Crippen MR) is 79.8 cm³/mol. The van der Waals surface area contributed by atoms with E-state index in [0.717, 1.165) is 29.1 Å². The van der Waals surface area contributed by atoms with E-state index >= 15 is 0 Å². The summed E-state index contributed by atoms with van der Waals surface area (Å²) in [6, 6.07) is 5.22. The number of aromatic nitrogens is 3. The summed E-state index contributed by atoms with van der Waals surface area (Å²) in [4.78, 5) is 23.1. The molecule has 0 aromatic carbocycles. The highest BCUT2D eigenvalue weighted by Gasteiger charge is 2.11. The summed E-state index contributed by atoms with van der Waals surface area (Å²) in [5, 5.41) is 1.33. The highest BCUT2D eigenvalue weighted by molar-refractivity contribution is 7.99. The lowest BCUT2D eigenvalue weighted by atomic mass is 10.2. The first-order valence-electron chi connectivity index (χ1n) is 6.58. The van der Waals surface area contributed by atoms with Crippen LogP contribution in [-0.4, -0.2) is 15.0 Å². The summed E-state index contributed by atoms with van der Waals surface area (Å²) in [5.41, 5.74) is 7.54. The fourth-order valence-corrected chi connectivity index (χ4v) is 2.83. The van der Waals surface area contributed by atoms with Gasteiger partial charge in [-0.1, -0.05) is 19.4 Å². The second-order valence-corrected chi connectivity index (χ2v) is 5.56. The Morgan fingerprint density at radius 1 is 1.50 bits per heavy atom. The van der Waals surface area contributed by atoms with Gasteiger partial charge in [-0.3, -0.25) is 4.79 Å². The molecule has 106 valence electrons. The summed E-state index contributed by atoms with van der Waals surface area (Å²) in [5.74, 6) is 0. The molecule has 2 rings (SSSR count). The minimum Gasteiger partial charge on any atom is -0.324 e. The van der Waals surface area contributed by atoms with Crippen LogP contribution in [0.5, 0.6) is 0 Å².